The van der Waals surface area contributed by atoms with Gasteiger partial charge in [0.2, 0.25) is 12.7 Å². The Labute approximate surface area is 200 Å². The monoisotopic (exact) mass is 476 g/mol. The van der Waals surface area contributed by atoms with Crippen molar-refractivity contribution in [3.63, 3.8) is 0 Å². The van der Waals surface area contributed by atoms with Crippen LogP contribution in [0.25, 0.3) is 0 Å². The molecule has 2 aliphatic rings. The number of carbonyl (C=O) groups is 3. The van der Waals surface area contributed by atoms with Crippen molar-refractivity contribution in [2.45, 2.75) is 19.0 Å². The second-order valence-corrected chi connectivity index (χ2v) is 8.12. The standard InChI is InChI=1S/C26H21FN2O6/c1-33-20-8-6-19(7-9-20)29-24(30)13-21(26(29)32)28(25(31)17-3-2-4-18(27)12-17)14-16-5-10-22-23(11-16)35-15-34-22/h2-12,21H,13-15H2,1H3/t21-/m0/s1. The number of halogens is 1. The fourth-order valence-electron chi connectivity index (χ4n) is 4.21. The summed E-state index contributed by atoms with van der Waals surface area (Å²) in [5, 5.41) is 0. The lowest BCUT2D eigenvalue weighted by Crippen LogP contribution is -2.45. The van der Waals surface area contributed by atoms with Crippen LogP contribution in [-0.4, -0.2) is 42.6 Å². The van der Waals surface area contributed by atoms with Gasteiger partial charge in [0.15, 0.2) is 11.5 Å². The molecule has 1 fully saturated rings. The third-order valence-corrected chi connectivity index (χ3v) is 5.95. The van der Waals surface area contributed by atoms with E-state index in [0.717, 1.165) is 11.0 Å². The van der Waals surface area contributed by atoms with Crippen LogP contribution in [0.15, 0.2) is 66.7 Å². The van der Waals surface area contributed by atoms with Gasteiger partial charge in [-0.15, -0.1) is 0 Å². The van der Waals surface area contributed by atoms with E-state index >= 15 is 0 Å². The molecule has 3 aromatic carbocycles. The SMILES string of the molecule is COc1ccc(N2C(=O)C[C@H](N(Cc3ccc4c(c3)OCO4)C(=O)c3cccc(F)c3)C2=O)cc1. The minimum Gasteiger partial charge on any atom is -0.497 e. The number of hydrogen-bond donors (Lipinski definition) is 0. The van der Waals surface area contributed by atoms with Gasteiger partial charge in [-0.25, -0.2) is 9.29 Å². The van der Waals surface area contributed by atoms with Crippen molar-refractivity contribution < 1.29 is 33.0 Å². The summed E-state index contributed by atoms with van der Waals surface area (Å²) in [5.41, 5.74) is 1.13. The van der Waals surface area contributed by atoms with Crippen LogP contribution in [-0.2, 0) is 16.1 Å². The first-order valence-electron chi connectivity index (χ1n) is 10.9. The average Bonchev–Trinajstić information content (AvgIpc) is 3.45. The molecule has 1 atom stereocenters. The van der Waals surface area contributed by atoms with Crippen LogP contribution in [0.3, 0.4) is 0 Å². The molecule has 0 aliphatic carbocycles. The maximum Gasteiger partial charge on any atom is 0.257 e. The van der Waals surface area contributed by atoms with Gasteiger partial charge in [0, 0.05) is 12.1 Å². The highest BCUT2D eigenvalue weighted by Crippen LogP contribution is 2.34. The quantitative estimate of drug-likeness (QED) is 0.506. The van der Waals surface area contributed by atoms with Gasteiger partial charge >= 0.3 is 0 Å². The van der Waals surface area contributed by atoms with E-state index < -0.39 is 29.6 Å². The number of imide groups is 1. The van der Waals surface area contributed by atoms with Gasteiger partial charge in [-0.2, -0.15) is 0 Å². The van der Waals surface area contributed by atoms with E-state index in [4.69, 9.17) is 14.2 Å². The molecule has 9 heteroatoms. The predicted octanol–water partition coefficient (Wildman–Crippen LogP) is 3.54. The molecule has 178 valence electrons. The minimum absolute atomic E-state index is 0.00608. The maximum atomic E-state index is 13.9. The lowest BCUT2D eigenvalue weighted by Gasteiger charge is -2.28. The number of amides is 3. The Morgan fingerprint density at radius 3 is 2.57 bits per heavy atom. The van der Waals surface area contributed by atoms with Crippen molar-refractivity contribution in [1.82, 2.24) is 4.90 Å². The van der Waals surface area contributed by atoms with Crippen LogP contribution < -0.4 is 19.1 Å². The highest BCUT2D eigenvalue weighted by molar-refractivity contribution is 6.23. The van der Waals surface area contributed by atoms with Crippen LogP contribution in [0.2, 0.25) is 0 Å². The topological polar surface area (TPSA) is 85.4 Å². The fraction of sp³-hybridized carbons (Fsp3) is 0.192. The van der Waals surface area contributed by atoms with Crippen molar-refractivity contribution in [1.29, 1.82) is 0 Å². The first kappa shape index (κ1) is 22.4. The molecule has 5 rings (SSSR count). The second-order valence-electron chi connectivity index (χ2n) is 8.12. The Hall–Kier alpha value is -4.40. The van der Waals surface area contributed by atoms with Crippen molar-refractivity contribution in [3.8, 4) is 17.2 Å². The zero-order chi connectivity index (χ0) is 24.5. The molecule has 0 N–H and O–H groups in total. The molecule has 0 bridgehead atoms. The van der Waals surface area contributed by atoms with E-state index in [9.17, 15) is 18.8 Å². The van der Waals surface area contributed by atoms with Gasteiger partial charge in [0.1, 0.15) is 17.6 Å². The Balaban J connectivity index is 1.48. The van der Waals surface area contributed by atoms with Crippen molar-refractivity contribution in [3.05, 3.63) is 83.7 Å². The van der Waals surface area contributed by atoms with Crippen LogP contribution in [0, 0.1) is 5.82 Å². The zero-order valence-corrected chi connectivity index (χ0v) is 18.8. The molecule has 0 aromatic heterocycles. The predicted molar refractivity (Wildman–Crippen MR) is 123 cm³/mol. The van der Waals surface area contributed by atoms with Crippen molar-refractivity contribution in [2.75, 3.05) is 18.8 Å². The summed E-state index contributed by atoms with van der Waals surface area (Å²) in [6, 6.07) is 15.9. The number of anilines is 1. The molecule has 0 radical (unpaired) electrons. The van der Waals surface area contributed by atoms with Crippen molar-refractivity contribution in [2.24, 2.45) is 0 Å². The van der Waals surface area contributed by atoms with E-state index in [2.05, 4.69) is 0 Å². The highest BCUT2D eigenvalue weighted by Gasteiger charge is 2.44. The van der Waals surface area contributed by atoms with E-state index in [1.165, 1.54) is 30.2 Å². The Morgan fingerprint density at radius 2 is 1.83 bits per heavy atom. The molecule has 3 aromatic rings. The number of benzene rings is 3. The van der Waals surface area contributed by atoms with Gasteiger partial charge in [0.05, 0.1) is 19.2 Å². The maximum absolute atomic E-state index is 13.9. The molecule has 3 amide bonds. The summed E-state index contributed by atoms with van der Waals surface area (Å²) in [6.07, 6.45) is -0.198. The molecule has 35 heavy (non-hydrogen) atoms. The van der Waals surface area contributed by atoms with Crippen LogP contribution in [0.5, 0.6) is 17.2 Å². The first-order valence-corrected chi connectivity index (χ1v) is 10.9. The minimum atomic E-state index is -1.06. The summed E-state index contributed by atoms with van der Waals surface area (Å²) in [5.74, 6) is -0.435. The van der Waals surface area contributed by atoms with Crippen LogP contribution in [0.4, 0.5) is 10.1 Å². The van der Waals surface area contributed by atoms with Gasteiger partial charge in [-0.3, -0.25) is 14.4 Å². The Bertz CT molecular complexity index is 1310. The number of fused-ring (bicyclic) bond motifs is 1. The van der Waals surface area contributed by atoms with E-state index in [1.54, 1.807) is 42.5 Å². The lowest BCUT2D eigenvalue weighted by molar-refractivity contribution is -0.122. The Kier molecular flexibility index (Phi) is 5.82. The number of hydrogen-bond acceptors (Lipinski definition) is 6. The lowest BCUT2D eigenvalue weighted by atomic mass is 10.1. The highest BCUT2D eigenvalue weighted by atomic mass is 19.1. The van der Waals surface area contributed by atoms with Gasteiger partial charge < -0.3 is 19.1 Å². The smallest absolute Gasteiger partial charge is 0.257 e. The average molecular weight is 476 g/mol. The molecule has 2 heterocycles. The molecule has 2 aliphatic heterocycles. The number of methoxy groups -OCH3 is 1. The van der Waals surface area contributed by atoms with Crippen LogP contribution >= 0.6 is 0 Å². The zero-order valence-electron chi connectivity index (χ0n) is 18.8. The fourth-order valence-corrected chi connectivity index (χ4v) is 4.21. The first-order chi connectivity index (χ1) is 16.9. The molecule has 0 saturated carbocycles. The summed E-state index contributed by atoms with van der Waals surface area (Å²) in [6.45, 7) is 0.100. The van der Waals surface area contributed by atoms with Gasteiger partial charge in [0.25, 0.3) is 11.8 Å². The normalized spacial score (nSPS) is 16.5. The van der Waals surface area contributed by atoms with E-state index in [1.807, 2.05) is 0 Å². The van der Waals surface area contributed by atoms with Gasteiger partial charge in [-0.1, -0.05) is 12.1 Å². The Morgan fingerprint density at radius 1 is 1.06 bits per heavy atom. The number of carbonyl (C=O) groups excluding carboxylic acids is 3. The second kappa shape index (κ2) is 9.09. The number of rotatable bonds is 6. The molecule has 0 unspecified atom stereocenters. The van der Waals surface area contributed by atoms with Crippen LogP contribution in [0.1, 0.15) is 22.3 Å². The van der Waals surface area contributed by atoms with E-state index in [-0.39, 0.29) is 25.3 Å². The summed E-state index contributed by atoms with van der Waals surface area (Å²) >= 11 is 0. The van der Waals surface area contributed by atoms with Gasteiger partial charge in [-0.05, 0) is 60.2 Å². The largest absolute Gasteiger partial charge is 0.497 e. The number of ether oxygens (including phenoxy) is 3. The molecular weight excluding hydrogens is 455 g/mol. The third-order valence-electron chi connectivity index (χ3n) is 5.95. The summed E-state index contributed by atoms with van der Waals surface area (Å²) in [4.78, 5) is 42.2. The third kappa shape index (κ3) is 4.28. The molecular formula is C26H21FN2O6. The number of nitrogens with zero attached hydrogens (tertiary/aromatic N) is 2. The molecule has 1 saturated heterocycles. The van der Waals surface area contributed by atoms with E-state index in [0.29, 0.717) is 28.5 Å². The molecule has 8 nitrogen and oxygen atoms in total. The summed E-state index contributed by atoms with van der Waals surface area (Å²) < 4.78 is 29.8. The van der Waals surface area contributed by atoms with Crippen molar-refractivity contribution >= 4 is 23.4 Å². The molecule has 0 spiro atoms. The summed E-state index contributed by atoms with van der Waals surface area (Å²) in [7, 11) is 1.52.